The molecule has 0 amide bonds. The number of ketones is 1. The Morgan fingerprint density at radius 3 is 2.90 bits per heavy atom. The molecule has 3 nitrogen and oxygen atoms in total. The number of Topliss-reactive ketones (excluding diaryl/α,β-unsaturated/α-hetero) is 1. The SMILES string of the molecule is O=C1c2cc(Br)ccc2NC1C=C1C=Nc2ccccc21. The minimum atomic E-state index is -0.332. The first-order chi connectivity index (χ1) is 10.2. The molecule has 0 aromatic heterocycles. The van der Waals surface area contributed by atoms with Crippen molar-refractivity contribution in [3.8, 4) is 0 Å². The number of carbonyl (C=O) groups is 1. The third-order valence-corrected chi connectivity index (χ3v) is 4.24. The van der Waals surface area contributed by atoms with E-state index in [1.165, 1.54) is 0 Å². The van der Waals surface area contributed by atoms with Crippen molar-refractivity contribution in [3.05, 3.63) is 64.1 Å². The van der Waals surface area contributed by atoms with Gasteiger partial charge in [-0.2, -0.15) is 0 Å². The molecule has 0 fully saturated rings. The molecular weight excluding hydrogens is 328 g/mol. The number of anilines is 1. The zero-order chi connectivity index (χ0) is 14.4. The smallest absolute Gasteiger partial charge is 0.191 e. The van der Waals surface area contributed by atoms with Gasteiger partial charge in [0.15, 0.2) is 5.78 Å². The lowest BCUT2D eigenvalue weighted by Gasteiger charge is -2.06. The minimum Gasteiger partial charge on any atom is -0.371 e. The quantitative estimate of drug-likeness (QED) is 0.845. The molecule has 2 heterocycles. The highest BCUT2D eigenvalue weighted by Gasteiger charge is 2.29. The molecule has 0 saturated carbocycles. The van der Waals surface area contributed by atoms with Crippen LogP contribution in [0, 0.1) is 0 Å². The van der Waals surface area contributed by atoms with Crippen LogP contribution in [0.5, 0.6) is 0 Å². The van der Waals surface area contributed by atoms with Gasteiger partial charge >= 0.3 is 0 Å². The zero-order valence-electron chi connectivity index (χ0n) is 11.0. The van der Waals surface area contributed by atoms with Crippen molar-refractivity contribution in [1.82, 2.24) is 0 Å². The molecule has 2 aromatic carbocycles. The second kappa shape index (κ2) is 4.67. The maximum absolute atomic E-state index is 12.5. The molecule has 1 N–H and O–H groups in total. The van der Waals surface area contributed by atoms with Gasteiger partial charge in [-0.05, 0) is 30.3 Å². The molecule has 2 aromatic rings. The van der Waals surface area contributed by atoms with E-state index in [4.69, 9.17) is 0 Å². The highest BCUT2D eigenvalue weighted by molar-refractivity contribution is 9.10. The molecule has 4 rings (SSSR count). The number of allylic oxidation sites excluding steroid dienone is 1. The number of fused-ring (bicyclic) bond motifs is 2. The highest BCUT2D eigenvalue weighted by atomic mass is 79.9. The van der Waals surface area contributed by atoms with E-state index in [0.717, 1.165) is 32.5 Å². The number of benzene rings is 2. The predicted molar refractivity (Wildman–Crippen MR) is 88.5 cm³/mol. The summed E-state index contributed by atoms with van der Waals surface area (Å²) in [5.41, 5.74) is 4.63. The number of carbonyl (C=O) groups excluding carboxylic acids is 1. The van der Waals surface area contributed by atoms with E-state index in [9.17, 15) is 4.79 Å². The number of para-hydroxylation sites is 1. The maximum atomic E-state index is 12.5. The topological polar surface area (TPSA) is 41.5 Å². The molecule has 1 unspecified atom stereocenters. The van der Waals surface area contributed by atoms with Crippen LogP contribution in [-0.4, -0.2) is 18.0 Å². The number of nitrogens with zero attached hydrogens (tertiary/aromatic N) is 1. The van der Waals surface area contributed by atoms with Crippen LogP contribution in [0.1, 0.15) is 15.9 Å². The number of aliphatic imine (C=N–C) groups is 1. The molecule has 0 radical (unpaired) electrons. The fraction of sp³-hybridized carbons (Fsp3) is 0.0588. The van der Waals surface area contributed by atoms with Gasteiger partial charge in [-0.25, -0.2) is 0 Å². The third kappa shape index (κ3) is 2.03. The van der Waals surface area contributed by atoms with Crippen LogP contribution in [0.3, 0.4) is 0 Å². The summed E-state index contributed by atoms with van der Waals surface area (Å²) < 4.78 is 0.914. The molecule has 1 atom stereocenters. The largest absolute Gasteiger partial charge is 0.371 e. The van der Waals surface area contributed by atoms with Crippen molar-refractivity contribution < 1.29 is 4.79 Å². The van der Waals surface area contributed by atoms with E-state index in [1.54, 1.807) is 0 Å². The zero-order valence-corrected chi connectivity index (χ0v) is 12.6. The van der Waals surface area contributed by atoms with E-state index < -0.39 is 0 Å². The molecule has 0 saturated heterocycles. The van der Waals surface area contributed by atoms with Gasteiger partial charge in [0.05, 0.1) is 5.69 Å². The summed E-state index contributed by atoms with van der Waals surface area (Å²) in [4.78, 5) is 16.8. The van der Waals surface area contributed by atoms with Crippen molar-refractivity contribution in [1.29, 1.82) is 0 Å². The molecule has 2 aliphatic heterocycles. The first-order valence-corrected chi connectivity index (χ1v) is 7.47. The van der Waals surface area contributed by atoms with E-state index in [1.807, 2.05) is 54.8 Å². The van der Waals surface area contributed by atoms with Crippen LogP contribution in [0.2, 0.25) is 0 Å². The second-order valence-corrected chi connectivity index (χ2v) is 5.99. The van der Waals surface area contributed by atoms with Gasteiger partial charge in [0.25, 0.3) is 0 Å². The lowest BCUT2D eigenvalue weighted by molar-refractivity contribution is 0.0993. The minimum absolute atomic E-state index is 0.0941. The molecule has 4 heteroatoms. The lowest BCUT2D eigenvalue weighted by Crippen LogP contribution is -2.19. The fourth-order valence-corrected chi connectivity index (χ4v) is 3.08. The normalized spacial score (nSPS) is 20.5. The standard InChI is InChI=1S/C17H11BrN2O/c18-11-5-6-15-13(8-11)17(21)16(20-15)7-10-9-19-14-4-2-1-3-12(10)14/h1-9,16,20H. The number of rotatable bonds is 1. The summed E-state index contributed by atoms with van der Waals surface area (Å²) in [5, 5.41) is 3.26. The first kappa shape index (κ1) is 12.5. The molecule has 0 bridgehead atoms. The number of hydrogen-bond donors (Lipinski definition) is 1. The van der Waals surface area contributed by atoms with Crippen LogP contribution >= 0.6 is 15.9 Å². The van der Waals surface area contributed by atoms with Crippen molar-refractivity contribution in [3.63, 3.8) is 0 Å². The Hall–Kier alpha value is -2.20. The molecule has 21 heavy (non-hydrogen) atoms. The molecular formula is C17H11BrN2O. The average molecular weight is 339 g/mol. The number of nitrogens with one attached hydrogen (secondary N) is 1. The van der Waals surface area contributed by atoms with Crippen molar-refractivity contribution in [2.75, 3.05) is 5.32 Å². The predicted octanol–water partition coefficient (Wildman–Crippen LogP) is 4.23. The third-order valence-electron chi connectivity index (χ3n) is 3.74. The highest BCUT2D eigenvalue weighted by Crippen LogP contribution is 2.34. The maximum Gasteiger partial charge on any atom is 0.191 e. The van der Waals surface area contributed by atoms with Crippen LogP contribution < -0.4 is 5.32 Å². The van der Waals surface area contributed by atoms with E-state index in [2.05, 4.69) is 26.2 Å². The Kier molecular flexibility index (Phi) is 2.79. The summed E-state index contributed by atoms with van der Waals surface area (Å²) in [6.07, 6.45) is 3.77. The molecule has 0 spiro atoms. The van der Waals surface area contributed by atoms with E-state index in [-0.39, 0.29) is 11.8 Å². The van der Waals surface area contributed by atoms with E-state index >= 15 is 0 Å². The Labute approximate surface area is 130 Å². The Bertz CT molecular complexity index is 823. The molecule has 102 valence electrons. The van der Waals surface area contributed by atoms with Gasteiger partial charge < -0.3 is 5.32 Å². The lowest BCUT2D eigenvalue weighted by atomic mass is 10.0. The van der Waals surface area contributed by atoms with Crippen LogP contribution in [0.4, 0.5) is 11.4 Å². The summed E-state index contributed by atoms with van der Waals surface area (Å²) >= 11 is 3.41. The number of halogens is 1. The van der Waals surface area contributed by atoms with E-state index in [0.29, 0.717) is 0 Å². The van der Waals surface area contributed by atoms with Gasteiger partial charge in [-0.1, -0.05) is 34.1 Å². The first-order valence-electron chi connectivity index (χ1n) is 6.68. The summed E-state index contributed by atoms with van der Waals surface area (Å²) in [7, 11) is 0. The van der Waals surface area contributed by atoms with Gasteiger partial charge in [0.1, 0.15) is 6.04 Å². The second-order valence-electron chi connectivity index (χ2n) is 5.07. The Balaban J connectivity index is 1.71. The monoisotopic (exact) mass is 338 g/mol. The van der Waals surface area contributed by atoms with Gasteiger partial charge in [0, 0.05) is 33.1 Å². The van der Waals surface area contributed by atoms with Crippen molar-refractivity contribution in [2.24, 2.45) is 4.99 Å². The summed E-state index contributed by atoms with van der Waals surface area (Å²) in [6, 6.07) is 13.3. The Morgan fingerprint density at radius 2 is 2.00 bits per heavy atom. The van der Waals surface area contributed by atoms with Gasteiger partial charge in [0.2, 0.25) is 0 Å². The molecule has 0 aliphatic carbocycles. The van der Waals surface area contributed by atoms with Crippen molar-refractivity contribution in [2.45, 2.75) is 6.04 Å². The Morgan fingerprint density at radius 1 is 1.14 bits per heavy atom. The number of hydrogen-bond acceptors (Lipinski definition) is 3. The van der Waals surface area contributed by atoms with Crippen LogP contribution in [0.25, 0.3) is 5.57 Å². The van der Waals surface area contributed by atoms with Crippen LogP contribution in [-0.2, 0) is 0 Å². The van der Waals surface area contributed by atoms with Gasteiger partial charge in [-0.15, -0.1) is 0 Å². The van der Waals surface area contributed by atoms with Gasteiger partial charge in [-0.3, -0.25) is 9.79 Å². The molecule has 2 aliphatic rings. The average Bonchev–Trinajstić information content (AvgIpc) is 3.03. The van der Waals surface area contributed by atoms with Crippen molar-refractivity contribution >= 4 is 44.9 Å². The summed E-state index contributed by atoms with van der Waals surface area (Å²) in [5.74, 6) is 0.0941. The van der Waals surface area contributed by atoms with Crippen LogP contribution in [0.15, 0.2) is 58.0 Å². The summed E-state index contributed by atoms with van der Waals surface area (Å²) in [6.45, 7) is 0. The fourth-order valence-electron chi connectivity index (χ4n) is 2.72.